The number of hydrogen-bond acceptors (Lipinski definition) is 2. The first kappa shape index (κ1) is 13.2. The molecule has 0 aromatic rings. The molecule has 1 rings (SSSR count). The average Bonchev–Trinajstić information content (AvgIpc) is 2.47. The maximum absolute atomic E-state index is 11.2. The fraction of sp³-hybridized carbons (Fsp3) is 0.615. The summed E-state index contributed by atoms with van der Waals surface area (Å²) in [4.78, 5) is 13.3. The van der Waals surface area contributed by atoms with Gasteiger partial charge in [-0.05, 0) is 12.5 Å². The van der Waals surface area contributed by atoms with Crippen molar-refractivity contribution in [3.63, 3.8) is 0 Å². The third-order valence-electron chi connectivity index (χ3n) is 2.69. The minimum absolute atomic E-state index is 0.262. The van der Waals surface area contributed by atoms with Crippen molar-refractivity contribution in [1.29, 1.82) is 0 Å². The van der Waals surface area contributed by atoms with Crippen molar-refractivity contribution in [2.24, 2.45) is 0 Å². The molecule has 0 heterocycles. The van der Waals surface area contributed by atoms with Crippen molar-refractivity contribution in [3.05, 3.63) is 23.9 Å². The van der Waals surface area contributed by atoms with Gasteiger partial charge in [-0.1, -0.05) is 31.8 Å². The zero-order chi connectivity index (χ0) is 12.3. The molecule has 0 saturated carbocycles. The monoisotopic (exact) mass is 237 g/mol. The highest BCUT2D eigenvalue weighted by Gasteiger charge is 2.18. The summed E-state index contributed by atoms with van der Waals surface area (Å²) in [5, 5.41) is 0. The molecule has 0 N–H and O–H groups in total. The lowest BCUT2D eigenvalue weighted by atomic mass is 10.3. The van der Waals surface area contributed by atoms with E-state index in [1.807, 2.05) is 0 Å². The molecule has 0 atom stereocenters. The summed E-state index contributed by atoms with van der Waals surface area (Å²) in [6.45, 7) is 12.1. The van der Waals surface area contributed by atoms with Gasteiger partial charge in [0.15, 0.2) is 5.78 Å². The number of carbonyl (C=O) groups excluding carboxylic acids is 1. The van der Waals surface area contributed by atoms with Crippen molar-refractivity contribution in [1.82, 2.24) is 4.90 Å². The van der Waals surface area contributed by atoms with Gasteiger partial charge in [-0.3, -0.25) is 4.79 Å². The Morgan fingerprint density at radius 1 is 1.44 bits per heavy atom. The van der Waals surface area contributed by atoms with Crippen LogP contribution in [0.15, 0.2) is 23.9 Å². The van der Waals surface area contributed by atoms with Crippen molar-refractivity contribution in [2.75, 3.05) is 13.6 Å². The zero-order valence-corrected chi connectivity index (χ0v) is 12.0. The maximum atomic E-state index is 11.2. The third-order valence-corrected chi connectivity index (χ3v) is 4.25. The average molecular weight is 237 g/mol. The van der Waals surface area contributed by atoms with Gasteiger partial charge in [0, 0.05) is 39.9 Å². The van der Waals surface area contributed by atoms with Crippen LogP contribution in [0.25, 0.3) is 0 Å². The molecule has 16 heavy (non-hydrogen) atoms. The van der Waals surface area contributed by atoms with E-state index in [-0.39, 0.29) is 5.78 Å². The zero-order valence-electron chi connectivity index (χ0n) is 11.0. The van der Waals surface area contributed by atoms with E-state index in [1.54, 1.807) is 6.08 Å². The van der Waals surface area contributed by atoms with E-state index in [4.69, 9.17) is 0 Å². The van der Waals surface area contributed by atoms with Crippen LogP contribution < -0.4 is 0 Å². The number of nitrogens with zero attached hydrogens (tertiary/aromatic N) is 1. The first-order valence-corrected chi connectivity index (χ1v) is 9.60. The summed E-state index contributed by atoms with van der Waals surface area (Å²) in [6, 6.07) is 1.17. The van der Waals surface area contributed by atoms with Gasteiger partial charge >= 0.3 is 0 Å². The van der Waals surface area contributed by atoms with Crippen LogP contribution in [0.3, 0.4) is 0 Å². The second-order valence-electron chi connectivity index (χ2n) is 5.95. The van der Waals surface area contributed by atoms with Gasteiger partial charge in [-0.2, -0.15) is 0 Å². The van der Waals surface area contributed by atoms with Crippen LogP contribution in [0, 0.1) is 0 Å². The molecule has 90 valence electrons. The lowest BCUT2D eigenvalue weighted by molar-refractivity contribution is -0.114. The van der Waals surface area contributed by atoms with Crippen molar-refractivity contribution < 1.29 is 4.79 Å². The molecule has 0 amide bonds. The van der Waals surface area contributed by atoms with Gasteiger partial charge in [0.05, 0.1) is 0 Å². The molecule has 3 heteroatoms. The number of carbonyl (C=O) groups is 1. The maximum Gasteiger partial charge on any atom is 0.157 e. The summed E-state index contributed by atoms with van der Waals surface area (Å²) in [6.07, 6.45) is 3.36. The summed E-state index contributed by atoms with van der Waals surface area (Å²) in [5.74, 6) is 0.262. The first-order chi connectivity index (χ1) is 7.28. The molecule has 2 nitrogen and oxygen atoms in total. The van der Waals surface area contributed by atoms with E-state index < -0.39 is 8.07 Å². The lowest BCUT2D eigenvalue weighted by Crippen LogP contribution is -2.25. The number of rotatable bonds is 5. The number of likely N-dealkylation sites (N-methyl/N-ethyl adjacent to an activating group) is 1. The lowest BCUT2D eigenvalue weighted by Gasteiger charge is -2.24. The van der Waals surface area contributed by atoms with Crippen molar-refractivity contribution in [2.45, 2.75) is 38.5 Å². The Balaban J connectivity index is 2.46. The largest absolute Gasteiger partial charge is 0.374 e. The Hall–Kier alpha value is -0.833. The summed E-state index contributed by atoms with van der Waals surface area (Å²) < 4.78 is 0. The smallest absolute Gasteiger partial charge is 0.157 e. The quantitative estimate of drug-likeness (QED) is 0.541. The van der Waals surface area contributed by atoms with Crippen LogP contribution in [0.2, 0.25) is 25.7 Å². The molecule has 0 spiro atoms. The molecule has 0 radical (unpaired) electrons. The second kappa shape index (κ2) is 5.00. The number of allylic oxidation sites excluding steroid dienone is 2. The Morgan fingerprint density at radius 2 is 2.06 bits per heavy atom. The van der Waals surface area contributed by atoms with Crippen LogP contribution in [-0.4, -0.2) is 32.3 Å². The van der Waals surface area contributed by atoms with Gasteiger partial charge in [-0.15, -0.1) is 0 Å². The van der Waals surface area contributed by atoms with E-state index in [0.717, 1.165) is 13.0 Å². The van der Waals surface area contributed by atoms with E-state index in [9.17, 15) is 4.79 Å². The molecule has 0 saturated heterocycles. The third kappa shape index (κ3) is 4.35. The number of ketones is 1. The standard InChI is InChI=1S/C13H23NOSi/c1-11(10-16(3,4)5)9-14(2)12-6-7-13(15)8-12/h8H,1,6-7,9-10H2,2-5H3. The van der Waals surface area contributed by atoms with Crippen LogP contribution in [-0.2, 0) is 4.79 Å². The summed E-state index contributed by atoms with van der Waals surface area (Å²) in [5.41, 5.74) is 2.46. The molecule has 0 bridgehead atoms. The SMILES string of the molecule is C=C(CN(C)C1=CC(=O)CC1)C[Si](C)(C)C. The predicted octanol–water partition coefficient (Wildman–Crippen LogP) is 3.06. The van der Waals surface area contributed by atoms with E-state index >= 15 is 0 Å². The highest BCUT2D eigenvalue weighted by atomic mass is 28.3. The molecule has 0 fully saturated rings. The van der Waals surface area contributed by atoms with E-state index in [1.165, 1.54) is 17.3 Å². The molecule has 1 aliphatic rings. The van der Waals surface area contributed by atoms with Gasteiger partial charge in [0.2, 0.25) is 0 Å². The van der Waals surface area contributed by atoms with Crippen molar-refractivity contribution >= 4 is 13.9 Å². The van der Waals surface area contributed by atoms with Gasteiger partial charge in [0.25, 0.3) is 0 Å². The molecule has 0 unspecified atom stereocenters. The molecule has 0 aromatic heterocycles. The molecular formula is C13H23NOSi. The highest BCUT2D eigenvalue weighted by molar-refractivity contribution is 6.76. The Bertz CT molecular complexity index is 325. The topological polar surface area (TPSA) is 20.3 Å². The summed E-state index contributed by atoms with van der Waals surface area (Å²) in [7, 11) is 1.00. The van der Waals surface area contributed by atoms with Crippen LogP contribution in [0.1, 0.15) is 12.8 Å². The Morgan fingerprint density at radius 3 is 2.50 bits per heavy atom. The van der Waals surface area contributed by atoms with Crippen LogP contribution >= 0.6 is 0 Å². The highest BCUT2D eigenvalue weighted by Crippen LogP contribution is 2.21. The number of hydrogen-bond donors (Lipinski definition) is 0. The predicted molar refractivity (Wildman–Crippen MR) is 72.2 cm³/mol. The van der Waals surface area contributed by atoms with Gasteiger partial charge in [0.1, 0.15) is 0 Å². The van der Waals surface area contributed by atoms with Crippen LogP contribution in [0.4, 0.5) is 0 Å². The van der Waals surface area contributed by atoms with E-state index in [0.29, 0.717) is 6.42 Å². The minimum Gasteiger partial charge on any atom is -0.374 e. The summed E-state index contributed by atoms with van der Waals surface area (Å²) >= 11 is 0. The second-order valence-corrected chi connectivity index (χ2v) is 11.4. The Kier molecular flexibility index (Phi) is 4.13. The molecule has 0 aliphatic heterocycles. The van der Waals surface area contributed by atoms with Crippen molar-refractivity contribution in [3.8, 4) is 0 Å². The fourth-order valence-corrected chi connectivity index (χ4v) is 3.74. The first-order valence-electron chi connectivity index (χ1n) is 5.89. The normalized spacial score (nSPS) is 16.2. The van der Waals surface area contributed by atoms with Crippen LogP contribution in [0.5, 0.6) is 0 Å². The van der Waals surface area contributed by atoms with Gasteiger partial charge < -0.3 is 4.90 Å². The molecule has 1 aliphatic carbocycles. The molecular weight excluding hydrogens is 214 g/mol. The Labute approximate surface area is 100 Å². The minimum atomic E-state index is -1.05. The van der Waals surface area contributed by atoms with Gasteiger partial charge in [-0.25, -0.2) is 0 Å². The van der Waals surface area contributed by atoms with E-state index in [2.05, 4.69) is 38.2 Å². The fourth-order valence-electron chi connectivity index (χ4n) is 2.13. The molecule has 0 aromatic carbocycles.